The molecule has 0 bridgehead atoms. The summed E-state index contributed by atoms with van der Waals surface area (Å²) < 4.78 is 15.1. The second kappa shape index (κ2) is 8.08. The van der Waals surface area contributed by atoms with Crippen LogP contribution in [-0.4, -0.2) is 74.6 Å². The topological polar surface area (TPSA) is 85.3 Å². The molecule has 7 nitrogen and oxygen atoms in total. The maximum atomic E-state index is 12.0. The van der Waals surface area contributed by atoms with E-state index < -0.39 is 12.0 Å². The molecule has 0 aliphatic carbocycles. The summed E-state index contributed by atoms with van der Waals surface area (Å²) >= 11 is 0. The molecule has 0 radical (unpaired) electrons. The number of hydrogen-bond donors (Lipinski definition) is 1. The van der Waals surface area contributed by atoms with Crippen LogP contribution in [0, 0.1) is 0 Å². The van der Waals surface area contributed by atoms with Crippen molar-refractivity contribution in [2.75, 3.05) is 40.6 Å². The van der Waals surface area contributed by atoms with Gasteiger partial charge in [0.15, 0.2) is 0 Å². The van der Waals surface area contributed by atoms with E-state index in [1.807, 2.05) is 0 Å². The summed E-state index contributed by atoms with van der Waals surface area (Å²) in [6.07, 6.45) is 0.297. The van der Waals surface area contributed by atoms with Gasteiger partial charge in [-0.2, -0.15) is 0 Å². The number of carboxylic acids is 1. The van der Waals surface area contributed by atoms with Gasteiger partial charge in [0.1, 0.15) is 6.04 Å². The molecule has 0 spiro atoms. The minimum Gasteiger partial charge on any atom is -0.480 e. The van der Waals surface area contributed by atoms with E-state index >= 15 is 0 Å². The highest BCUT2D eigenvalue weighted by molar-refractivity contribution is 5.84. The Hall–Kier alpha value is -1.18. The highest BCUT2D eigenvalue weighted by atomic mass is 16.5. The normalized spacial score (nSPS) is 22.7. The Morgan fingerprint density at radius 3 is 2.58 bits per heavy atom. The van der Waals surface area contributed by atoms with Crippen LogP contribution in [0.4, 0.5) is 0 Å². The van der Waals surface area contributed by atoms with E-state index in [1.165, 1.54) is 12.0 Å². The van der Waals surface area contributed by atoms with Crippen LogP contribution in [0.2, 0.25) is 0 Å². The number of ether oxygens (including phenoxy) is 3. The van der Waals surface area contributed by atoms with Gasteiger partial charge in [-0.15, -0.1) is 0 Å². The van der Waals surface area contributed by atoms with Crippen molar-refractivity contribution in [2.45, 2.75) is 25.0 Å². The first-order chi connectivity index (χ1) is 9.10. The van der Waals surface area contributed by atoms with Crippen LogP contribution < -0.4 is 0 Å². The third kappa shape index (κ3) is 4.77. The van der Waals surface area contributed by atoms with Crippen LogP contribution >= 0.6 is 0 Å². The molecule has 1 rings (SSSR count). The number of methoxy groups -OCH3 is 2. The largest absolute Gasteiger partial charge is 0.480 e. The van der Waals surface area contributed by atoms with Crippen LogP contribution in [0.3, 0.4) is 0 Å². The molecule has 1 amide bonds. The monoisotopic (exact) mass is 275 g/mol. The lowest BCUT2D eigenvalue weighted by Crippen LogP contribution is -2.41. The molecule has 1 heterocycles. The molecule has 2 atom stereocenters. The molecule has 1 saturated heterocycles. The van der Waals surface area contributed by atoms with Gasteiger partial charge < -0.3 is 24.2 Å². The number of rotatable bonds is 8. The summed E-state index contributed by atoms with van der Waals surface area (Å²) in [4.78, 5) is 24.4. The second-order valence-electron chi connectivity index (χ2n) is 4.35. The zero-order valence-corrected chi connectivity index (χ0v) is 11.3. The first-order valence-electron chi connectivity index (χ1n) is 6.22. The molecule has 7 heteroatoms. The number of hydrogen-bond acceptors (Lipinski definition) is 5. The number of carbonyl (C=O) groups excluding carboxylic acids is 1. The summed E-state index contributed by atoms with van der Waals surface area (Å²) in [5, 5.41) is 9.09. The van der Waals surface area contributed by atoms with Gasteiger partial charge in [0, 0.05) is 27.2 Å². The first kappa shape index (κ1) is 15.9. The summed E-state index contributed by atoms with van der Waals surface area (Å²) in [5.41, 5.74) is 0. The molecule has 110 valence electrons. The van der Waals surface area contributed by atoms with E-state index in [1.54, 1.807) is 7.11 Å². The smallest absolute Gasteiger partial charge is 0.326 e. The first-order valence-corrected chi connectivity index (χ1v) is 6.22. The van der Waals surface area contributed by atoms with Gasteiger partial charge in [-0.3, -0.25) is 4.79 Å². The van der Waals surface area contributed by atoms with Crippen LogP contribution in [0.25, 0.3) is 0 Å². The number of carbonyl (C=O) groups is 2. The maximum Gasteiger partial charge on any atom is 0.326 e. The van der Waals surface area contributed by atoms with Gasteiger partial charge in [-0.05, 0) is 0 Å². The van der Waals surface area contributed by atoms with E-state index in [0.29, 0.717) is 26.2 Å². The highest BCUT2D eigenvalue weighted by Crippen LogP contribution is 2.21. The highest BCUT2D eigenvalue weighted by Gasteiger charge is 2.39. The molecule has 0 aromatic carbocycles. The van der Waals surface area contributed by atoms with Crippen LogP contribution in [0.15, 0.2) is 0 Å². The standard InChI is InChI=1S/C12H21NO6/c1-17-5-6-19-4-3-11(14)13-8-9(18-2)7-10(13)12(15)16/h9-10H,3-8H2,1-2H3,(H,15,16). The summed E-state index contributed by atoms with van der Waals surface area (Å²) in [6, 6.07) is -0.795. The summed E-state index contributed by atoms with van der Waals surface area (Å²) in [6.45, 7) is 1.49. The molecule has 1 N–H and O–H groups in total. The number of nitrogens with zero attached hydrogens (tertiary/aromatic N) is 1. The van der Waals surface area contributed by atoms with E-state index in [9.17, 15) is 9.59 Å². The van der Waals surface area contributed by atoms with Crippen molar-refractivity contribution in [2.24, 2.45) is 0 Å². The van der Waals surface area contributed by atoms with Crippen molar-refractivity contribution < 1.29 is 28.9 Å². The Labute approximate surface area is 112 Å². The zero-order valence-electron chi connectivity index (χ0n) is 11.3. The van der Waals surface area contributed by atoms with Gasteiger partial charge in [0.25, 0.3) is 0 Å². The molecule has 1 aliphatic heterocycles. The van der Waals surface area contributed by atoms with Crippen molar-refractivity contribution in [3.05, 3.63) is 0 Å². The quantitative estimate of drug-likeness (QED) is 0.614. The summed E-state index contributed by atoms with van der Waals surface area (Å²) in [7, 11) is 3.09. The van der Waals surface area contributed by atoms with Crippen molar-refractivity contribution in [1.82, 2.24) is 4.90 Å². The molecule has 1 aliphatic rings. The van der Waals surface area contributed by atoms with Gasteiger partial charge in [0.2, 0.25) is 5.91 Å². The van der Waals surface area contributed by atoms with Crippen molar-refractivity contribution in [3.8, 4) is 0 Å². The molecular formula is C12H21NO6. The average molecular weight is 275 g/mol. The molecule has 2 unspecified atom stereocenters. The van der Waals surface area contributed by atoms with Crippen molar-refractivity contribution in [3.63, 3.8) is 0 Å². The Balaban J connectivity index is 2.39. The molecule has 0 aromatic heterocycles. The lowest BCUT2D eigenvalue weighted by molar-refractivity contribution is -0.148. The SMILES string of the molecule is COCCOCCC(=O)N1CC(OC)CC1C(=O)O. The zero-order chi connectivity index (χ0) is 14.3. The fourth-order valence-corrected chi connectivity index (χ4v) is 2.03. The predicted octanol–water partition coefficient (Wildman–Crippen LogP) is -0.260. The summed E-state index contributed by atoms with van der Waals surface area (Å²) in [5.74, 6) is -1.21. The maximum absolute atomic E-state index is 12.0. The van der Waals surface area contributed by atoms with Crippen LogP contribution in [0.5, 0.6) is 0 Å². The second-order valence-corrected chi connectivity index (χ2v) is 4.35. The van der Waals surface area contributed by atoms with E-state index in [-0.39, 0.29) is 25.0 Å². The van der Waals surface area contributed by atoms with E-state index in [0.717, 1.165) is 0 Å². The number of amides is 1. The third-order valence-electron chi connectivity index (χ3n) is 3.09. The fraction of sp³-hybridized carbons (Fsp3) is 0.833. The van der Waals surface area contributed by atoms with Gasteiger partial charge >= 0.3 is 5.97 Å². The fourth-order valence-electron chi connectivity index (χ4n) is 2.03. The van der Waals surface area contributed by atoms with E-state index in [2.05, 4.69) is 0 Å². The molecule has 19 heavy (non-hydrogen) atoms. The minimum absolute atomic E-state index is 0.171. The predicted molar refractivity (Wildman–Crippen MR) is 65.9 cm³/mol. The Morgan fingerprint density at radius 2 is 2.00 bits per heavy atom. The van der Waals surface area contributed by atoms with Crippen LogP contribution in [-0.2, 0) is 23.8 Å². The number of aliphatic carboxylic acids is 1. The lowest BCUT2D eigenvalue weighted by atomic mass is 10.2. The van der Waals surface area contributed by atoms with Crippen molar-refractivity contribution in [1.29, 1.82) is 0 Å². The average Bonchev–Trinajstić information content (AvgIpc) is 2.82. The Bertz CT molecular complexity index is 309. The van der Waals surface area contributed by atoms with Gasteiger partial charge in [0.05, 0.1) is 32.3 Å². The molecule has 0 aromatic rings. The van der Waals surface area contributed by atoms with E-state index in [4.69, 9.17) is 19.3 Å². The third-order valence-corrected chi connectivity index (χ3v) is 3.09. The molecule has 1 fully saturated rings. The Kier molecular flexibility index (Phi) is 6.75. The molecule has 0 saturated carbocycles. The Morgan fingerprint density at radius 1 is 1.26 bits per heavy atom. The number of likely N-dealkylation sites (tertiary alicyclic amines) is 1. The van der Waals surface area contributed by atoms with Crippen LogP contribution in [0.1, 0.15) is 12.8 Å². The molecular weight excluding hydrogens is 254 g/mol. The lowest BCUT2D eigenvalue weighted by Gasteiger charge is -2.21. The number of carboxylic acid groups (broad SMARTS) is 1. The minimum atomic E-state index is -0.992. The van der Waals surface area contributed by atoms with Gasteiger partial charge in [-0.1, -0.05) is 0 Å². The van der Waals surface area contributed by atoms with Gasteiger partial charge in [-0.25, -0.2) is 4.79 Å². The van der Waals surface area contributed by atoms with Crippen molar-refractivity contribution >= 4 is 11.9 Å².